The van der Waals surface area contributed by atoms with Crippen LogP contribution in [0.25, 0.3) is 0 Å². The van der Waals surface area contributed by atoms with Crippen LogP contribution in [0.2, 0.25) is 5.02 Å². The fraction of sp³-hybridized carbons (Fsp3) is 0.385. The number of alkyl halides is 3. The van der Waals surface area contributed by atoms with E-state index in [2.05, 4.69) is 0 Å². The van der Waals surface area contributed by atoms with E-state index >= 15 is 0 Å². The number of nitriles is 1. The van der Waals surface area contributed by atoms with Gasteiger partial charge in [-0.1, -0.05) is 11.6 Å². The molecule has 1 unspecified atom stereocenters. The van der Waals surface area contributed by atoms with E-state index in [9.17, 15) is 18.0 Å². The van der Waals surface area contributed by atoms with Crippen LogP contribution >= 0.6 is 11.6 Å². The van der Waals surface area contributed by atoms with Crippen LogP contribution in [0, 0.1) is 11.3 Å². The molecule has 1 amide bonds. The van der Waals surface area contributed by atoms with E-state index in [-0.39, 0.29) is 29.3 Å². The highest BCUT2D eigenvalue weighted by Gasteiger charge is 2.41. The Hall–Kier alpha value is -2.14. The summed E-state index contributed by atoms with van der Waals surface area (Å²) in [5, 5.41) is 19.3. The SMILES string of the molecule is N#Cc1ccc(Cl)cc1OC(CCCNC(=O)O)C(F)(F)F. The first-order valence-corrected chi connectivity index (χ1v) is 6.51. The van der Waals surface area contributed by atoms with Gasteiger partial charge in [-0.3, -0.25) is 0 Å². The summed E-state index contributed by atoms with van der Waals surface area (Å²) in [5.41, 5.74) is -0.0673. The standard InChI is InChI=1S/C13H12ClF3N2O3/c14-9-4-3-8(7-18)10(6-9)22-11(13(15,16)17)2-1-5-19-12(20)21/h3-4,6,11,19H,1-2,5H2,(H,20,21). The Balaban J connectivity index is 2.80. The van der Waals surface area contributed by atoms with Crippen LogP contribution in [0.1, 0.15) is 18.4 Å². The van der Waals surface area contributed by atoms with Gasteiger partial charge in [0.15, 0.2) is 6.10 Å². The molecule has 22 heavy (non-hydrogen) atoms. The van der Waals surface area contributed by atoms with E-state index in [1.807, 2.05) is 5.32 Å². The Morgan fingerprint density at radius 2 is 2.18 bits per heavy atom. The quantitative estimate of drug-likeness (QED) is 0.778. The second kappa shape index (κ2) is 7.75. The highest BCUT2D eigenvalue weighted by atomic mass is 35.5. The lowest BCUT2D eigenvalue weighted by Gasteiger charge is -2.22. The second-order valence-corrected chi connectivity index (χ2v) is 4.71. The van der Waals surface area contributed by atoms with Gasteiger partial charge in [0.2, 0.25) is 0 Å². The highest BCUT2D eigenvalue weighted by Crippen LogP contribution is 2.31. The van der Waals surface area contributed by atoms with Crippen molar-refractivity contribution < 1.29 is 27.8 Å². The van der Waals surface area contributed by atoms with E-state index in [0.717, 1.165) is 6.07 Å². The van der Waals surface area contributed by atoms with Crippen molar-refractivity contribution in [2.45, 2.75) is 25.1 Å². The predicted octanol–water partition coefficient (Wildman–Crippen LogP) is 3.57. The summed E-state index contributed by atoms with van der Waals surface area (Å²) in [5.74, 6) is -0.261. The molecule has 1 aromatic carbocycles. The first-order valence-electron chi connectivity index (χ1n) is 6.14. The summed E-state index contributed by atoms with van der Waals surface area (Å²) < 4.78 is 43.7. The minimum atomic E-state index is -4.65. The highest BCUT2D eigenvalue weighted by molar-refractivity contribution is 6.30. The van der Waals surface area contributed by atoms with Gasteiger partial charge < -0.3 is 15.2 Å². The van der Waals surface area contributed by atoms with Gasteiger partial charge in [0.1, 0.15) is 11.8 Å². The van der Waals surface area contributed by atoms with Crippen LogP contribution in [0.5, 0.6) is 5.75 Å². The van der Waals surface area contributed by atoms with Crippen molar-refractivity contribution in [2.75, 3.05) is 6.54 Å². The monoisotopic (exact) mass is 336 g/mol. The van der Waals surface area contributed by atoms with Gasteiger partial charge in [0.05, 0.1) is 5.56 Å². The molecule has 120 valence electrons. The van der Waals surface area contributed by atoms with Crippen LogP contribution in [0.4, 0.5) is 18.0 Å². The van der Waals surface area contributed by atoms with Crippen molar-refractivity contribution in [3.8, 4) is 11.8 Å². The zero-order valence-corrected chi connectivity index (χ0v) is 11.9. The Morgan fingerprint density at radius 3 is 2.73 bits per heavy atom. The summed E-state index contributed by atoms with van der Waals surface area (Å²) in [7, 11) is 0. The third-order valence-corrected chi connectivity index (χ3v) is 2.85. The Morgan fingerprint density at radius 1 is 1.50 bits per heavy atom. The van der Waals surface area contributed by atoms with Gasteiger partial charge in [-0.2, -0.15) is 18.4 Å². The number of benzene rings is 1. The number of halogens is 4. The van der Waals surface area contributed by atoms with Crippen LogP contribution in [0.3, 0.4) is 0 Å². The molecule has 0 spiro atoms. The Kier molecular flexibility index (Phi) is 6.31. The fourth-order valence-corrected chi connectivity index (χ4v) is 1.77. The normalized spacial score (nSPS) is 12.3. The largest absolute Gasteiger partial charge is 0.480 e. The lowest BCUT2D eigenvalue weighted by atomic mass is 10.1. The third-order valence-electron chi connectivity index (χ3n) is 2.62. The molecule has 1 atom stereocenters. The zero-order chi connectivity index (χ0) is 16.8. The van der Waals surface area contributed by atoms with E-state index in [1.54, 1.807) is 6.07 Å². The van der Waals surface area contributed by atoms with E-state index in [4.69, 9.17) is 26.7 Å². The first-order chi connectivity index (χ1) is 10.2. The Bertz CT molecular complexity index is 573. The van der Waals surface area contributed by atoms with Crippen molar-refractivity contribution in [1.29, 1.82) is 5.26 Å². The fourth-order valence-electron chi connectivity index (χ4n) is 1.61. The second-order valence-electron chi connectivity index (χ2n) is 4.27. The minimum Gasteiger partial charge on any atom is -0.480 e. The first kappa shape index (κ1) is 17.9. The van der Waals surface area contributed by atoms with Gasteiger partial charge in [-0.25, -0.2) is 4.79 Å². The van der Waals surface area contributed by atoms with Crippen molar-refractivity contribution in [1.82, 2.24) is 5.32 Å². The Labute approximate surface area is 129 Å². The molecule has 5 nitrogen and oxygen atoms in total. The van der Waals surface area contributed by atoms with Gasteiger partial charge in [-0.05, 0) is 25.0 Å². The zero-order valence-electron chi connectivity index (χ0n) is 11.2. The average Bonchev–Trinajstić information content (AvgIpc) is 2.41. The van der Waals surface area contributed by atoms with Gasteiger partial charge in [0, 0.05) is 17.6 Å². The number of ether oxygens (including phenoxy) is 1. The summed E-state index contributed by atoms with van der Waals surface area (Å²) >= 11 is 5.69. The van der Waals surface area contributed by atoms with Crippen LogP contribution in [-0.4, -0.2) is 30.0 Å². The van der Waals surface area contributed by atoms with Crippen molar-refractivity contribution in [3.05, 3.63) is 28.8 Å². The van der Waals surface area contributed by atoms with Gasteiger partial charge in [0.25, 0.3) is 0 Å². The number of rotatable bonds is 6. The number of amides is 1. The van der Waals surface area contributed by atoms with E-state index in [0.29, 0.717) is 0 Å². The average molecular weight is 337 g/mol. The smallest absolute Gasteiger partial charge is 0.425 e. The maximum absolute atomic E-state index is 13.0. The molecule has 0 saturated heterocycles. The number of hydrogen-bond acceptors (Lipinski definition) is 3. The number of hydrogen-bond donors (Lipinski definition) is 2. The summed E-state index contributed by atoms with van der Waals surface area (Å²) in [4.78, 5) is 10.2. The summed E-state index contributed by atoms with van der Waals surface area (Å²) in [6.07, 6.45) is -8.65. The van der Waals surface area contributed by atoms with Crippen LogP contribution < -0.4 is 10.1 Å². The summed E-state index contributed by atoms with van der Waals surface area (Å²) in [6, 6.07) is 5.48. The molecule has 1 aromatic rings. The topological polar surface area (TPSA) is 82.3 Å². The molecule has 0 heterocycles. The number of carboxylic acid groups (broad SMARTS) is 1. The molecule has 0 radical (unpaired) electrons. The predicted molar refractivity (Wildman–Crippen MR) is 71.9 cm³/mol. The molecular weight excluding hydrogens is 325 g/mol. The van der Waals surface area contributed by atoms with Crippen molar-refractivity contribution >= 4 is 17.7 Å². The number of carbonyl (C=O) groups is 1. The maximum atomic E-state index is 13.0. The van der Waals surface area contributed by atoms with Crippen LogP contribution in [0.15, 0.2) is 18.2 Å². The molecule has 0 aromatic heterocycles. The molecule has 0 saturated carbocycles. The third kappa shape index (κ3) is 5.69. The molecule has 9 heteroatoms. The van der Waals surface area contributed by atoms with E-state index < -0.39 is 24.8 Å². The summed E-state index contributed by atoms with van der Waals surface area (Å²) in [6.45, 7) is -0.133. The molecule has 0 bridgehead atoms. The van der Waals surface area contributed by atoms with Crippen LogP contribution in [-0.2, 0) is 0 Å². The molecule has 1 rings (SSSR count). The molecule has 0 aliphatic rings. The lowest BCUT2D eigenvalue weighted by molar-refractivity contribution is -0.196. The maximum Gasteiger partial charge on any atom is 0.425 e. The molecule has 2 N–H and O–H groups in total. The van der Waals surface area contributed by atoms with Gasteiger partial charge in [-0.15, -0.1) is 0 Å². The number of nitrogens with zero attached hydrogens (tertiary/aromatic N) is 1. The van der Waals surface area contributed by atoms with E-state index in [1.165, 1.54) is 12.1 Å². The molecule has 0 fully saturated rings. The molecule has 0 aliphatic heterocycles. The molecular formula is C13H12ClF3N2O3. The number of nitrogens with one attached hydrogen (secondary N) is 1. The van der Waals surface area contributed by atoms with Crippen molar-refractivity contribution in [2.24, 2.45) is 0 Å². The van der Waals surface area contributed by atoms with Crippen molar-refractivity contribution in [3.63, 3.8) is 0 Å². The lowest BCUT2D eigenvalue weighted by Crippen LogP contribution is -2.35. The minimum absolute atomic E-state index is 0.0673. The molecule has 0 aliphatic carbocycles. The van der Waals surface area contributed by atoms with Gasteiger partial charge >= 0.3 is 12.3 Å².